The highest BCUT2D eigenvalue weighted by atomic mass is 79.9. The quantitative estimate of drug-likeness (QED) is 0.840. The molecular formula is C15H13BrF3N. The summed E-state index contributed by atoms with van der Waals surface area (Å²) in [7, 11) is 0. The number of rotatable bonds is 2. The van der Waals surface area contributed by atoms with Crippen LogP contribution < -0.4 is 5.73 Å². The molecule has 20 heavy (non-hydrogen) atoms. The van der Waals surface area contributed by atoms with Crippen molar-refractivity contribution in [1.29, 1.82) is 0 Å². The Balaban J connectivity index is 2.65. The molecule has 0 bridgehead atoms. The van der Waals surface area contributed by atoms with Gasteiger partial charge in [-0.15, -0.1) is 0 Å². The Morgan fingerprint density at radius 3 is 1.80 bits per heavy atom. The van der Waals surface area contributed by atoms with Crippen molar-refractivity contribution in [1.82, 2.24) is 0 Å². The van der Waals surface area contributed by atoms with Crippen LogP contribution in [0, 0.1) is 0 Å². The summed E-state index contributed by atoms with van der Waals surface area (Å²) in [5, 5.41) is 0. The predicted molar refractivity (Wildman–Crippen MR) is 76.2 cm³/mol. The van der Waals surface area contributed by atoms with Gasteiger partial charge in [0.25, 0.3) is 0 Å². The zero-order chi connectivity index (χ0) is 15.0. The van der Waals surface area contributed by atoms with Crippen LogP contribution in [0.2, 0.25) is 0 Å². The van der Waals surface area contributed by atoms with Crippen molar-refractivity contribution < 1.29 is 13.2 Å². The molecule has 2 aromatic carbocycles. The van der Waals surface area contributed by atoms with Gasteiger partial charge in [0.2, 0.25) is 0 Å². The van der Waals surface area contributed by atoms with Crippen molar-refractivity contribution in [3.8, 4) is 0 Å². The van der Waals surface area contributed by atoms with Gasteiger partial charge in [0.15, 0.2) is 0 Å². The van der Waals surface area contributed by atoms with Crippen LogP contribution in [-0.4, -0.2) is 0 Å². The summed E-state index contributed by atoms with van der Waals surface area (Å²) in [4.78, 5) is 0. The molecule has 106 valence electrons. The Morgan fingerprint density at radius 1 is 0.850 bits per heavy atom. The van der Waals surface area contributed by atoms with Crippen molar-refractivity contribution >= 4 is 15.9 Å². The molecule has 0 aliphatic heterocycles. The lowest BCUT2D eigenvalue weighted by Crippen LogP contribution is -2.36. The molecule has 0 saturated carbocycles. The molecule has 0 fully saturated rings. The van der Waals surface area contributed by atoms with E-state index in [1.54, 1.807) is 37.3 Å². The van der Waals surface area contributed by atoms with Crippen LogP contribution in [0.25, 0.3) is 0 Å². The molecule has 0 aliphatic rings. The van der Waals surface area contributed by atoms with Gasteiger partial charge < -0.3 is 5.73 Å². The lowest BCUT2D eigenvalue weighted by Gasteiger charge is -2.30. The maximum atomic E-state index is 13.1. The number of alkyl halides is 3. The first kappa shape index (κ1) is 15.1. The molecule has 0 amide bonds. The van der Waals surface area contributed by atoms with Crippen LogP contribution in [0.1, 0.15) is 23.6 Å². The molecule has 2 aromatic rings. The lowest BCUT2D eigenvalue weighted by molar-refractivity contribution is -0.138. The molecule has 0 spiro atoms. The minimum Gasteiger partial charge on any atom is -0.318 e. The first-order chi connectivity index (χ1) is 9.24. The minimum absolute atomic E-state index is 0.0550. The average Bonchev–Trinajstić information content (AvgIpc) is 2.38. The molecule has 1 atom stereocenters. The van der Waals surface area contributed by atoms with E-state index in [4.69, 9.17) is 5.73 Å². The molecule has 0 heterocycles. The fourth-order valence-corrected chi connectivity index (χ4v) is 2.91. The van der Waals surface area contributed by atoms with E-state index in [1.165, 1.54) is 12.1 Å². The monoisotopic (exact) mass is 343 g/mol. The van der Waals surface area contributed by atoms with E-state index in [9.17, 15) is 13.2 Å². The Kier molecular flexibility index (Phi) is 3.93. The number of hydrogen-bond acceptors (Lipinski definition) is 1. The average molecular weight is 344 g/mol. The van der Waals surface area contributed by atoms with Crippen LogP contribution >= 0.6 is 15.9 Å². The zero-order valence-corrected chi connectivity index (χ0v) is 12.3. The Morgan fingerprint density at radius 2 is 1.30 bits per heavy atom. The first-order valence-electron chi connectivity index (χ1n) is 5.95. The molecule has 2 N–H and O–H groups in total. The highest BCUT2D eigenvalue weighted by molar-refractivity contribution is 9.10. The first-order valence-corrected chi connectivity index (χ1v) is 6.74. The fraction of sp³-hybridized carbons (Fsp3) is 0.200. The molecule has 1 nitrogen and oxygen atoms in total. The van der Waals surface area contributed by atoms with Crippen LogP contribution in [0.4, 0.5) is 13.2 Å². The van der Waals surface area contributed by atoms with Crippen LogP contribution in [0.5, 0.6) is 0 Å². The highest BCUT2D eigenvalue weighted by Gasteiger charge is 2.38. The van der Waals surface area contributed by atoms with E-state index >= 15 is 0 Å². The molecule has 2 rings (SSSR count). The molecule has 0 radical (unpaired) electrons. The zero-order valence-electron chi connectivity index (χ0n) is 10.7. The second-order valence-electron chi connectivity index (χ2n) is 4.73. The summed E-state index contributed by atoms with van der Waals surface area (Å²) in [6.07, 6.45) is -4.43. The van der Waals surface area contributed by atoms with Gasteiger partial charge in [0.05, 0.1) is 11.1 Å². The fourth-order valence-electron chi connectivity index (χ4n) is 2.21. The van der Waals surface area contributed by atoms with Gasteiger partial charge in [-0.05, 0) is 30.2 Å². The molecule has 0 aromatic heterocycles. The number of halogens is 4. The van der Waals surface area contributed by atoms with E-state index in [0.717, 1.165) is 6.07 Å². The summed E-state index contributed by atoms with van der Waals surface area (Å²) in [5.41, 5.74) is 4.94. The van der Waals surface area contributed by atoms with E-state index in [-0.39, 0.29) is 5.56 Å². The van der Waals surface area contributed by atoms with Crippen molar-refractivity contribution in [3.63, 3.8) is 0 Å². The molecule has 0 aliphatic carbocycles. The minimum atomic E-state index is -4.43. The van der Waals surface area contributed by atoms with Crippen LogP contribution in [0.15, 0.2) is 53.0 Å². The third kappa shape index (κ3) is 2.74. The second-order valence-corrected chi connectivity index (χ2v) is 5.58. The van der Waals surface area contributed by atoms with E-state index in [0.29, 0.717) is 10.0 Å². The van der Waals surface area contributed by atoms with Crippen LogP contribution in [0.3, 0.4) is 0 Å². The van der Waals surface area contributed by atoms with Crippen molar-refractivity contribution in [2.45, 2.75) is 18.6 Å². The van der Waals surface area contributed by atoms with Crippen molar-refractivity contribution in [2.24, 2.45) is 5.73 Å². The Bertz CT molecular complexity index is 621. The SMILES string of the molecule is CC(N)(c1ccccc1Br)c1ccccc1C(F)(F)F. The normalized spacial score (nSPS) is 14.9. The van der Waals surface area contributed by atoms with Gasteiger partial charge in [0.1, 0.15) is 0 Å². The van der Waals surface area contributed by atoms with Gasteiger partial charge in [-0.3, -0.25) is 0 Å². The second kappa shape index (κ2) is 5.22. The van der Waals surface area contributed by atoms with E-state index in [1.807, 2.05) is 0 Å². The van der Waals surface area contributed by atoms with Gasteiger partial charge in [-0.25, -0.2) is 0 Å². The number of nitrogens with two attached hydrogens (primary N) is 1. The summed E-state index contributed by atoms with van der Waals surface area (Å²) in [5.74, 6) is 0. The maximum absolute atomic E-state index is 13.1. The van der Waals surface area contributed by atoms with E-state index < -0.39 is 17.3 Å². The summed E-state index contributed by atoms with van der Waals surface area (Å²) in [6, 6.07) is 12.4. The largest absolute Gasteiger partial charge is 0.416 e. The molecule has 5 heteroatoms. The molecule has 0 saturated heterocycles. The van der Waals surface area contributed by atoms with Crippen molar-refractivity contribution in [3.05, 3.63) is 69.7 Å². The smallest absolute Gasteiger partial charge is 0.318 e. The molecule has 1 unspecified atom stereocenters. The topological polar surface area (TPSA) is 26.0 Å². The van der Waals surface area contributed by atoms with E-state index in [2.05, 4.69) is 15.9 Å². The standard InChI is InChI=1S/C15H13BrF3N/c1-14(20,12-8-4-5-9-13(12)16)10-6-2-3-7-11(10)15(17,18)19/h2-9H,20H2,1H3. The summed E-state index contributed by atoms with van der Waals surface area (Å²) < 4.78 is 40.1. The van der Waals surface area contributed by atoms with Gasteiger partial charge >= 0.3 is 6.18 Å². The highest BCUT2D eigenvalue weighted by Crippen LogP contribution is 2.39. The maximum Gasteiger partial charge on any atom is 0.416 e. The van der Waals surface area contributed by atoms with Gasteiger partial charge in [0, 0.05) is 4.47 Å². The lowest BCUT2D eigenvalue weighted by atomic mass is 9.83. The Labute approximate surface area is 123 Å². The third-order valence-electron chi connectivity index (χ3n) is 3.23. The van der Waals surface area contributed by atoms with Crippen molar-refractivity contribution in [2.75, 3.05) is 0 Å². The number of hydrogen-bond donors (Lipinski definition) is 1. The van der Waals surface area contributed by atoms with Gasteiger partial charge in [-0.1, -0.05) is 52.3 Å². The van der Waals surface area contributed by atoms with Crippen LogP contribution in [-0.2, 0) is 11.7 Å². The third-order valence-corrected chi connectivity index (χ3v) is 3.92. The summed E-state index contributed by atoms with van der Waals surface area (Å²) >= 11 is 3.34. The predicted octanol–water partition coefficient (Wildman–Crippen LogP) is 4.69. The number of benzene rings is 2. The summed E-state index contributed by atoms with van der Waals surface area (Å²) in [6.45, 7) is 1.58. The Hall–Kier alpha value is -1.33. The van der Waals surface area contributed by atoms with Gasteiger partial charge in [-0.2, -0.15) is 13.2 Å². The molecular weight excluding hydrogens is 331 g/mol.